The summed E-state index contributed by atoms with van der Waals surface area (Å²) in [4.78, 5) is 27.9. The van der Waals surface area contributed by atoms with Gasteiger partial charge < -0.3 is 14.8 Å². The van der Waals surface area contributed by atoms with E-state index in [4.69, 9.17) is 0 Å². The molecular weight excluding hydrogens is 350 g/mol. The van der Waals surface area contributed by atoms with E-state index >= 15 is 0 Å². The van der Waals surface area contributed by atoms with Crippen molar-refractivity contribution in [3.63, 3.8) is 0 Å². The van der Waals surface area contributed by atoms with Gasteiger partial charge in [0.25, 0.3) is 11.5 Å². The Morgan fingerprint density at radius 2 is 1.77 bits per heavy atom. The SMILES string of the molecule is Cc1ccn(C(C)c2ccccc2)c(=O)c1C(=O)N1CC2CC(C1)N2.Cl. The quantitative estimate of drug-likeness (QED) is 0.898. The third-order valence-electron chi connectivity index (χ3n) is 5.45. The fourth-order valence-electron chi connectivity index (χ4n) is 3.94. The first kappa shape index (κ1) is 18.7. The molecule has 4 heterocycles. The number of piperidine rings is 1. The van der Waals surface area contributed by atoms with Gasteiger partial charge in [-0.2, -0.15) is 0 Å². The number of aromatic nitrogens is 1. The standard InChI is InChI=1S/C20H23N3O2.ClH/c1-13-8-9-23(14(2)15-6-4-3-5-7-15)20(25)18(13)19(24)22-11-16-10-17(12-22)21-16;/h3-9,14,16-17,21H,10-12H2,1-2H3;1H. The monoisotopic (exact) mass is 373 g/mol. The van der Waals surface area contributed by atoms with Gasteiger partial charge in [-0.05, 0) is 37.5 Å². The van der Waals surface area contributed by atoms with E-state index in [1.165, 1.54) is 0 Å². The van der Waals surface area contributed by atoms with Gasteiger partial charge in [-0.1, -0.05) is 30.3 Å². The largest absolute Gasteiger partial charge is 0.335 e. The fourth-order valence-corrected chi connectivity index (χ4v) is 3.94. The van der Waals surface area contributed by atoms with Crippen molar-refractivity contribution in [2.45, 2.75) is 38.4 Å². The van der Waals surface area contributed by atoms with Gasteiger partial charge in [0.15, 0.2) is 0 Å². The predicted molar refractivity (Wildman–Crippen MR) is 104 cm³/mol. The molecule has 2 aromatic rings. The maximum Gasteiger partial charge on any atom is 0.264 e. The molecule has 5 rings (SSSR count). The second-order valence-corrected chi connectivity index (χ2v) is 7.18. The molecule has 3 saturated heterocycles. The second-order valence-electron chi connectivity index (χ2n) is 7.18. The van der Waals surface area contributed by atoms with E-state index in [1.807, 2.05) is 55.1 Å². The highest BCUT2D eigenvalue weighted by molar-refractivity contribution is 5.95. The number of piperazine rings is 1. The molecule has 3 fully saturated rings. The van der Waals surface area contributed by atoms with Crippen LogP contribution >= 0.6 is 12.4 Å². The summed E-state index contributed by atoms with van der Waals surface area (Å²) in [6.07, 6.45) is 2.92. The van der Waals surface area contributed by atoms with Crippen LogP contribution in [0.2, 0.25) is 0 Å². The minimum atomic E-state index is -0.200. The lowest BCUT2D eigenvalue weighted by molar-refractivity contribution is 0.0470. The number of pyridine rings is 1. The minimum Gasteiger partial charge on any atom is -0.335 e. The Kier molecular flexibility index (Phi) is 5.21. The first-order valence-corrected chi connectivity index (χ1v) is 8.86. The highest BCUT2D eigenvalue weighted by Gasteiger charge is 2.39. The topological polar surface area (TPSA) is 54.3 Å². The van der Waals surface area contributed by atoms with E-state index in [0.717, 1.165) is 17.5 Å². The number of hydrogen-bond acceptors (Lipinski definition) is 3. The molecule has 1 amide bonds. The molecule has 0 aliphatic carbocycles. The van der Waals surface area contributed by atoms with Gasteiger partial charge in [0.1, 0.15) is 5.56 Å². The highest BCUT2D eigenvalue weighted by atomic mass is 35.5. The summed E-state index contributed by atoms with van der Waals surface area (Å²) < 4.78 is 1.67. The van der Waals surface area contributed by atoms with Crippen LogP contribution in [0.3, 0.4) is 0 Å². The fraction of sp³-hybridized carbons (Fsp3) is 0.400. The molecule has 1 aromatic heterocycles. The number of halogens is 1. The Hall–Kier alpha value is -2.11. The molecule has 0 saturated carbocycles. The lowest BCUT2D eigenvalue weighted by Gasteiger charge is -2.48. The van der Waals surface area contributed by atoms with Gasteiger partial charge in [-0.25, -0.2) is 0 Å². The number of aryl methyl sites for hydroxylation is 1. The summed E-state index contributed by atoms with van der Waals surface area (Å²) >= 11 is 0. The van der Waals surface area contributed by atoms with Crippen LogP contribution in [0, 0.1) is 6.92 Å². The molecule has 2 bridgehead atoms. The van der Waals surface area contributed by atoms with Crippen molar-refractivity contribution in [3.8, 4) is 0 Å². The third kappa shape index (κ3) is 3.17. The predicted octanol–water partition coefficient (Wildman–Crippen LogP) is 2.37. The summed E-state index contributed by atoms with van der Waals surface area (Å²) in [6.45, 7) is 5.21. The van der Waals surface area contributed by atoms with Crippen LogP contribution in [0.5, 0.6) is 0 Å². The van der Waals surface area contributed by atoms with Crippen molar-refractivity contribution in [2.24, 2.45) is 0 Å². The number of benzene rings is 1. The van der Waals surface area contributed by atoms with Crippen molar-refractivity contribution in [2.75, 3.05) is 13.1 Å². The Balaban J connectivity index is 0.00000196. The zero-order chi connectivity index (χ0) is 17.6. The number of carbonyl (C=O) groups excluding carboxylic acids is 1. The maximum atomic E-state index is 13.1. The number of rotatable bonds is 3. The number of fused-ring (bicyclic) bond motifs is 2. The summed E-state index contributed by atoms with van der Waals surface area (Å²) in [5, 5.41) is 3.42. The molecule has 5 nitrogen and oxygen atoms in total. The molecular formula is C20H24ClN3O2. The molecule has 3 atom stereocenters. The molecule has 138 valence electrons. The van der Waals surface area contributed by atoms with Crippen LogP contribution in [-0.2, 0) is 0 Å². The van der Waals surface area contributed by atoms with Gasteiger partial charge >= 0.3 is 0 Å². The van der Waals surface area contributed by atoms with Crippen LogP contribution in [-0.4, -0.2) is 40.5 Å². The zero-order valence-electron chi connectivity index (χ0n) is 15.0. The van der Waals surface area contributed by atoms with Crippen LogP contribution in [0.4, 0.5) is 0 Å². The lowest BCUT2D eigenvalue weighted by atomic mass is 9.91. The molecule has 3 aliphatic rings. The summed E-state index contributed by atoms with van der Waals surface area (Å²) in [6, 6.07) is 12.4. The molecule has 3 unspecified atom stereocenters. The van der Waals surface area contributed by atoms with Crippen molar-refractivity contribution in [3.05, 3.63) is 69.6 Å². The molecule has 0 radical (unpaired) electrons. The van der Waals surface area contributed by atoms with E-state index in [1.54, 1.807) is 10.8 Å². The molecule has 0 spiro atoms. The molecule has 1 N–H and O–H groups in total. The zero-order valence-corrected chi connectivity index (χ0v) is 15.8. The highest BCUT2D eigenvalue weighted by Crippen LogP contribution is 2.23. The summed E-state index contributed by atoms with van der Waals surface area (Å²) in [5.74, 6) is -0.131. The van der Waals surface area contributed by atoms with Crippen molar-refractivity contribution >= 4 is 18.3 Å². The number of hydrogen-bond donors (Lipinski definition) is 1. The minimum absolute atomic E-state index is 0. The van der Waals surface area contributed by atoms with Gasteiger partial charge in [0.2, 0.25) is 0 Å². The van der Waals surface area contributed by atoms with Crippen LogP contribution in [0.25, 0.3) is 0 Å². The number of nitrogens with zero attached hydrogens (tertiary/aromatic N) is 2. The molecule has 26 heavy (non-hydrogen) atoms. The first-order chi connectivity index (χ1) is 12.0. The van der Waals surface area contributed by atoms with E-state index in [0.29, 0.717) is 30.7 Å². The number of nitrogens with one attached hydrogen (secondary N) is 1. The number of amides is 1. The third-order valence-corrected chi connectivity index (χ3v) is 5.45. The van der Waals surface area contributed by atoms with Crippen LogP contribution in [0.1, 0.15) is 40.9 Å². The average Bonchev–Trinajstić information content (AvgIpc) is 2.61. The van der Waals surface area contributed by atoms with E-state index in [2.05, 4.69) is 5.32 Å². The van der Waals surface area contributed by atoms with Crippen molar-refractivity contribution in [1.29, 1.82) is 0 Å². The van der Waals surface area contributed by atoms with Crippen molar-refractivity contribution < 1.29 is 4.79 Å². The smallest absolute Gasteiger partial charge is 0.264 e. The van der Waals surface area contributed by atoms with Gasteiger partial charge in [0, 0.05) is 31.4 Å². The second kappa shape index (κ2) is 7.25. The molecule has 3 aliphatic heterocycles. The first-order valence-electron chi connectivity index (χ1n) is 8.86. The maximum absolute atomic E-state index is 13.1. The van der Waals surface area contributed by atoms with E-state index in [9.17, 15) is 9.59 Å². The van der Waals surface area contributed by atoms with Gasteiger partial charge in [-0.15, -0.1) is 12.4 Å². The lowest BCUT2D eigenvalue weighted by Crippen LogP contribution is -2.67. The Labute approximate surface area is 159 Å². The summed E-state index contributed by atoms with van der Waals surface area (Å²) in [7, 11) is 0. The Bertz CT molecular complexity index is 849. The van der Waals surface area contributed by atoms with E-state index < -0.39 is 0 Å². The van der Waals surface area contributed by atoms with Crippen LogP contribution < -0.4 is 10.9 Å². The molecule has 1 aromatic carbocycles. The molecule has 6 heteroatoms. The normalized spacial score (nSPS) is 22.2. The Morgan fingerprint density at radius 1 is 1.15 bits per heavy atom. The number of carbonyl (C=O) groups is 1. The van der Waals surface area contributed by atoms with E-state index in [-0.39, 0.29) is 29.9 Å². The van der Waals surface area contributed by atoms with Crippen LogP contribution in [0.15, 0.2) is 47.4 Å². The average molecular weight is 374 g/mol. The summed E-state index contributed by atoms with van der Waals surface area (Å²) in [5.41, 5.74) is 1.91. The van der Waals surface area contributed by atoms with Crippen molar-refractivity contribution in [1.82, 2.24) is 14.8 Å². The van der Waals surface area contributed by atoms with Gasteiger partial charge in [0.05, 0.1) is 6.04 Å². The van der Waals surface area contributed by atoms with Gasteiger partial charge in [-0.3, -0.25) is 9.59 Å². The Morgan fingerprint density at radius 3 is 2.38 bits per heavy atom.